The van der Waals surface area contributed by atoms with Gasteiger partial charge in [0.2, 0.25) is 21.7 Å². The van der Waals surface area contributed by atoms with Gasteiger partial charge in [-0.1, -0.05) is 35.5 Å². The summed E-state index contributed by atoms with van der Waals surface area (Å²) in [6.45, 7) is 3.89. The Balaban J connectivity index is 1.58. The molecule has 3 rings (SSSR count). The smallest absolute Gasteiger partial charge is 0.228 e. The number of hydrogen-bond donors (Lipinski definition) is 3. The van der Waals surface area contributed by atoms with Crippen molar-refractivity contribution in [2.24, 2.45) is 0 Å². The molecule has 1 aromatic heterocycles. The molecule has 3 N–H and O–H groups in total. The quantitative estimate of drug-likeness (QED) is 0.693. The first-order valence-electron chi connectivity index (χ1n) is 7.85. The van der Waals surface area contributed by atoms with Gasteiger partial charge in [0.15, 0.2) is 0 Å². The van der Waals surface area contributed by atoms with E-state index in [0.717, 1.165) is 5.56 Å². The monoisotopic (exact) mass is 351 g/mol. The van der Waals surface area contributed by atoms with Crippen molar-refractivity contribution < 1.29 is 12.9 Å². The highest BCUT2D eigenvalue weighted by atomic mass is 32.2. The zero-order chi connectivity index (χ0) is 17.2. The number of rotatable bonds is 6. The molecule has 1 aliphatic rings. The standard InChI is InChI=1S/C15H21N5O3S/c1-10-14(11(2)19-18-10)24(21,22)16-9-8-13-17-15(20-23-13)12-6-4-3-5-7-12/h3-7,10-11,14,16,18-19H,8-9H2,1-2H3. The van der Waals surface area contributed by atoms with E-state index in [1.807, 2.05) is 44.2 Å². The molecule has 0 saturated carbocycles. The van der Waals surface area contributed by atoms with E-state index in [9.17, 15) is 8.42 Å². The van der Waals surface area contributed by atoms with E-state index in [1.165, 1.54) is 0 Å². The van der Waals surface area contributed by atoms with Crippen LogP contribution in [0.5, 0.6) is 0 Å². The molecular weight excluding hydrogens is 330 g/mol. The molecular formula is C15H21N5O3S. The summed E-state index contributed by atoms with van der Waals surface area (Å²) in [5.41, 5.74) is 6.75. The SMILES string of the molecule is CC1NNC(C)C1S(=O)(=O)NCCc1nc(-c2ccccc2)no1. The van der Waals surface area contributed by atoms with Gasteiger partial charge in [0.05, 0.1) is 0 Å². The van der Waals surface area contributed by atoms with E-state index in [2.05, 4.69) is 25.7 Å². The molecule has 1 fully saturated rings. The molecule has 0 aliphatic carbocycles. The van der Waals surface area contributed by atoms with Gasteiger partial charge in [0.1, 0.15) is 5.25 Å². The van der Waals surface area contributed by atoms with Gasteiger partial charge in [-0.3, -0.25) is 10.9 Å². The Morgan fingerprint density at radius 3 is 2.50 bits per heavy atom. The van der Waals surface area contributed by atoms with Gasteiger partial charge in [-0.25, -0.2) is 13.1 Å². The molecule has 0 bridgehead atoms. The molecule has 24 heavy (non-hydrogen) atoms. The summed E-state index contributed by atoms with van der Waals surface area (Å²) in [7, 11) is -3.44. The van der Waals surface area contributed by atoms with Gasteiger partial charge < -0.3 is 4.52 Å². The fraction of sp³-hybridized carbons (Fsp3) is 0.467. The van der Waals surface area contributed by atoms with Crippen LogP contribution in [0.25, 0.3) is 11.4 Å². The lowest BCUT2D eigenvalue weighted by molar-refractivity contribution is 0.379. The van der Waals surface area contributed by atoms with Gasteiger partial charge in [0.25, 0.3) is 0 Å². The van der Waals surface area contributed by atoms with Crippen LogP contribution in [-0.4, -0.2) is 42.4 Å². The molecule has 0 amide bonds. The lowest BCUT2D eigenvalue weighted by Crippen LogP contribution is -2.45. The van der Waals surface area contributed by atoms with Crippen molar-refractivity contribution in [3.8, 4) is 11.4 Å². The third-order valence-corrected chi connectivity index (χ3v) is 6.16. The van der Waals surface area contributed by atoms with E-state index in [0.29, 0.717) is 18.1 Å². The van der Waals surface area contributed by atoms with Crippen LogP contribution in [-0.2, 0) is 16.4 Å². The summed E-state index contributed by atoms with van der Waals surface area (Å²) in [5.74, 6) is 0.903. The number of sulfonamides is 1. The molecule has 0 radical (unpaired) electrons. The van der Waals surface area contributed by atoms with Crippen molar-refractivity contribution in [3.05, 3.63) is 36.2 Å². The van der Waals surface area contributed by atoms with Crippen LogP contribution in [0.1, 0.15) is 19.7 Å². The third kappa shape index (κ3) is 3.64. The molecule has 2 atom stereocenters. The van der Waals surface area contributed by atoms with E-state index < -0.39 is 15.3 Å². The predicted molar refractivity (Wildman–Crippen MR) is 89.3 cm³/mol. The van der Waals surface area contributed by atoms with E-state index in [4.69, 9.17) is 4.52 Å². The van der Waals surface area contributed by atoms with Crippen LogP contribution < -0.4 is 15.6 Å². The molecule has 130 valence electrons. The van der Waals surface area contributed by atoms with E-state index in [-0.39, 0.29) is 18.6 Å². The third-order valence-electron chi connectivity index (χ3n) is 4.02. The second-order valence-electron chi connectivity index (χ2n) is 5.90. The van der Waals surface area contributed by atoms with Crippen LogP contribution in [0.3, 0.4) is 0 Å². The van der Waals surface area contributed by atoms with Crippen molar-refractivity contribution in [2.75, 3.05) is 6.54 Å². The molecule has 9 heteroatoms. The molecule has 1 saturated heterocycles. The molecule has 1 aliphatic heterocycles. The van der Waals surface area contributed by atoms with E-state index >= 15 is 0 Å². The Labute approximate surface area is 141 Å². The fourth-order valence-electron chi connectivity index (χ4n) is 2.85. The van der Waals surface area contributed by atoms with Crippen molar-refractivity contribution in [1.29, 1.82) is 0 Å². The highest BCUT2D eigenvalue weighted by Crippen LogP contribution is 2.16. The van der Waals surface area contributed by atoms with Crippen LogP contribution in [0.15, 0.2) is 34.9 Å². The zero-order valence-electron chi connectivity index (χ0n) is 13.6. The van der Waals surface area contributed by atoms with Crippen LogP contribution in [0, 0.1) is 0 Å². The number of benzene rings is 1. The maximum absolute atomic E-state index is 12.4. The van der Waals surface area contributed by atoms with Gasteiger partial charge in [-0.05, 0) is 13.8 Å². The van der Waals surface area contributed by atoms with Crippen molar-refractivity contribution in [2.45, 2.75) is 37.6 Å². The Hall–Kier alpha value is -1.81. The normalized spacial score (nSPS) is 24.3. The van der Waals surface area contributed by atoms with Gasteiger partial charge >= 0.3 is 0 Å². The molecule has 2 unspecified atom stereocenters. The second-order valence-corrected chi connectivity index (χ2v) is 7.82. The minimum Gasteiger partial charge on any atom is -0.339 e. The Morgan fingerprint density at radius 2 is 1.83 bits per heavy atom. The predicted octanol–water partition coefficient (Wildman–Crippen LogP) is 0.452. The average Bonchev–Trinajstić information content (AvgIpc) is 3.15. The van der Waals surface area contributed by atoms with Gasteiger partial charge in [-0.2, -0.15) is 4.98 Å². The molecule has 2 heterocycles. The summed E-state index contributed by atoms with van der Waals surface area (Å²) in [5, 5.41) is 3.39. The summed E-state index contributed by atoms with van der Waals surface area (Å²) in [6.07, 6.45) is 0.343. The van der Waals surface area contributed by atoms with Crippen molar-refractivity contribution in [3.63, 3.8) is 0 Å². The number of nitrogens with zero attached hydrogens (tertiary/aromatic N) is 2. The van der Waals surface area contributed by atoms with Crippen molar-refractivity contribution >= 4 is 10.0 Å². The minimum absolute atomic E-state index is 0.161. The Morgan fingerprint density at radius 1 is 1.17 bits per heavy atom. The lowest BCUT2D eigenvalue weighted by atomic mass is 10.2. The highest BCUT2D eigenvalue weighted by molar-refractivity contribution is 7.90. The molecule has 2 aromatic rings. The Bertz CT molecular complexity index is 767. The maximum atomic E-state index is 12.4. The maximum Gasteiger partial charge on any atom is 0.228 e. The fourth-order valence-corrected chi connectivity index (χ4v) is 4.64. The first-order valence-corrected chi connectivity index (χ1v) is 9.39. The summed E-state index contributed by atoms with van der Waals surface area (Å²) < 4.78 is 32.6. The number of nitrogens with one attached hydrogen (secondary N) is 3. The lowest BCUT2D eigenvalue weighted by Gasteiger charge is -2.18. The average molecular weight is 351 g/mol. The summed E-state index contributed by atoms with van der Waals surface area (Å²) in [4.78, 5) is 4.29. The van der Waals surface area contributed by atoms with Crippen LogP contribution in [0.2, 0.25) is 0 Å². The number of hydrogen-bond acceptors (Lipinski definition) is 7. The zero-order valence-corrected chi connectivity index (χ0v) is 14.4. The van der Waals surface area contributed by atoms with Crippen LogP contribution in [0.4, 0.5) is 0 Å². The first kappa shape index (κ1) is 17.0. The number of aromatic nitrogens is 2. The van der Waals surface area contributed by atoms with Gasteiger partial charge in [0, 0.05) is 30.6 Å². The molecule has 0 spiro atoms. The molecule has 8 nitrogen and oxygen atoms in total. The Kier molecular flexibility index (Phi) is 4.95. The van der Waals surface area contributed by atoms with E-state index in [1.54, 1.807) is 0 Å². The minimum atomic E-state index is -3.44. The summed E-state index contributed by atoms with van der Waals surface area (Å²) in [6, 6.07) is 9.15. The van der Waals surface area contributed by atoms with Crippen molar-refractivity contribution in [1.82, 2.24) is 25.7 Å². The van der Waals surface area contributed by atoms with Gasteiger partial charge in [-0.15, -0.1) is 0 Å². The second kappa shape index (κ2) is 6.98. The number of hydrazine groups is 1. The highest BCUT2D eigenvalue weighted by Gasteiger charge is 2.39. The van der Waals surface area contributed by atoms with Crippen LogP contribution >= 0.6 is 0 Å². The topological polar surface area (TPSA) is 109 Å². The molecule has 1 aromatic carbocycles. The first-order chi connectivity index (χ1) is 11.5. The largest absolute Gasteiger partial charge is 0.339 e. The summed E-state index contributed by atoms with van der Waals surface area (Å²) >= 11 is 0.